The molecule has 2 aromatic carbocycles. The van der Waals surface area contributed by atoms with E-state index in [4.69, 9.17) is 9.47 Å². The van der Waals surface area contributed by atoms with Gasteiger partial charge in [-0.05, 0) is 35.4 Å². The molecule has 0 bridgehead atoms. The molecule has 0 aliphatic rings. The maximum atomic E-state index is 11.4. The van der Waals surface area contributed by atoms with Crippen molar-refractivity contribution in [1.29, 1.82) is 0 Å². The SMILES string of the molecule is CCC(=O)Oc1cccc(-c2ccc(OC)c(C#CCBr)c2)c1. The van der Waals surface area contributed by atoms with Gasteiger partial charge in [0.05, 0.1) is 18.0 Å². The van der Waals surface area contributed by atoms with Gasteiger partial charge in [-0.15, -0.1) is 0 Å². The largest absolute Gasteiger partial charge is 0.495 e. The Bertz CT molecular complexity index is 757. The molecule has 0 unspecified atom stereocenters. The molecule has 0 spiro atoms. The fourth-order valence-electron chi connectivity index (χ4n) is 2.06. The quantitative estimate of drug-likeness (QED) is 0.344. The van der Waals surface area contributed by atoms with Crippen LogP contribution >= 0.6 is 15.9 Å². The smallest absolute Gasteiger partial charge is 0.310 e. The van der Waals surface area contributed by atoms with Crippen LogP contribution in [0.25, 0.3) is 11.1 Å². The third-order valence-corrected chi connectivity index (χ3v) is 3.46. The Labute approximate surface area is 144 Å². The van der Waals surface area contributed by atoms with Gasteiger partial charge in [-0.3, -0.25) is 4.79 Å². The summed E-state index contributed by atoms with van der Waals surface area (Å²) in [6.45, 7) is 1.77. The highest BCUT2D eigenvalue weighted by atomic mass is 79.9. The van der Waals surface area contributed by atoms with Crippen molar-refractivity contribution >= 4 is 21.9 Å². The summed E-state index contributed by atoms with van der Waals surface area (Å²) in [5.41, 5.74) is 2.76. The molecule has 0 heterocycles. The highest BCUT2D eigenvalue weighted by molar-refractivity contribution is 9.09. The molecule has 23 heavy (non-hydrogen) atoms. The molecule has 2 aromatic rings. The molecule has 0 saturated heterocycles. The van der Waals surface area contributed by atoms with E-state index < -0.39 is 0 Å². The predicted molar refractivity (Wildman–Crippen MR) is 95.0 cm³/mol. The highest BCUT2D eigenvalue weighted by Gasteiger charge is 2.07. The number of alkyl halides is 1. The predicted octanol–water partition coefficient (Wildman–Crippen LogP) is 4.42. The van der Waals surface area contributed by atoms with E-state index in [1.807, 2.05) is 36.4 Å². The lowest BCUT2D eigenvalue weighted by molar-refractivity contribution is -0.134. The zero-order valence-electron chi connectivity index (χ0n) is 13.1. The Kier molecular flexibility index (Phi) is 6.25. The summed E-state index contributed by atoms with van der Waals surface area (Å²) < 4.78 is 10.6. The van der Waals surface area contributed by atoms with E-state index in [9.17, 15) is 4.79 Å². The second kappa shape index (κ2) is 8.40. The van der Waals surface area contributed by atoms with E-state index >= 15 is 0 Å². The van der Waals surface area contributed by atoms with Crippen molar-refractivity contribution in [3.8, 4) is 34.5 Å². The van der Waals surface area contributed by atoms with Crippen LogP contribution in [0, 0.1) is 11.8 Å². The number of methoxy groups -OCH3 is 1. The summed E-state index contributed by atoms with van der Waals surface area (Å²) >= 11 is 3.29. The fraction of sp³-hybridized carbons (Fsp3) is 0.211. The Morgan fingerprint density at radius 2 is 1.96 bits per heavy atom. The normalized spacial score (nSPS) is 9.70. The number of esters is 1. The summed E-state index contributed by atoms with van der Waals surface area (Å²) in [6.07, 6.45) is 0.346. The molecule has 0 aromatic heterocycles. The lowest BCUT2D eigenvalue weighted by Crippen LogP contribution is -2.05. The highest BCUT2D eigenvalue weighted by Crippen LogP contribution is 2.28. The molecule has 0 aliphatic heterocycles. The average Bonchev–Trinajstić information content (AvgIpc) is 2.59. The molecule has 0 fully saturated rings. The van der Waals surface area contributed by atoms with E-state index in [2.05, 4.69) is 27.8 Å². The first-order valence-electron chi connectivity index (χ1n) is 7.22. The summed E-state index contributed by atoms with van der Waals surface area (Å²) in [4.78, 5) is 11.4. The Hall–Kier alpha value is -2.25. The number of ether oxygens (including phenoxy) is 2. The first kappa shape index (κ1) is 17.1. The number of halogens is 1. The molecule has 4 heteroatoms. The van der Waals surface area contributed by atoms with Gasteiger partial charge in [-0.2, -0.15) is 0 Å². The first-order chi connectivity index (χ1) is 11.2. The number of hydrogen-bond acceptors (Lipinski definition) is 3. The van der Waals surface area contributed by atoms with Gasteiger partial charge in [0.1, 0.15) is 11.5 Å². The molecular formula is C19H17BrO3. The topological polar surface area (TPSA) is 35.5 Å². The Morgan fingerprint density at radius 1 is 1.17 bits per heavy atom. The van der Waals surface area contributed by atoms with Crippen molar-refractivity contribution in [1.82, 2.24) is 0 Å². The molecule has 0 atom stereocenters. The lowest BCUT2D eigenvalue weighted by atomic mass is 10.0. The van der Waals surface area contributed by atoms with Gasteiger partial charge in [0.2, 0.25) is 0 Å². The number of carbonyl (C=O) groups excluding carboxylic acids is 1. The molecule has 118 valence electrons. The van der Waals surface area contributed by atoms with Gasteiger partial charge in [0, 0.05) is 6.42 Å². The first-order valence-corrected chi connectivity index (χ1v) is 8.34. The van der Waals surface area contributed by atoms with Gasteiger partial charge in [0.25, 0.3) is 0 Å². The minimum absolute atomic E-state index is 0.249. The number of carbonyl (C=O) groups is 1. The minimum atomic E-state index is -0.249. The van der Waals surface area contributed by atoms with Crippen LogP contribution in [-0.2, 0) is 4.79 Å². The lowest BCUT2D eigenvalue weighted by Gasteiger charge is -2.09. The Balaban J connectivity index is 2.38. The van der Waals surface area contributed by atoms with Crippen LogP contribution in [0.2, 0.25) is 0 Å². The molecule has 0 N–H and O–H groups in total. The van der Waals surface area contributed by atoms with Crippen molar-refractivity contribution in [2.24, 2.45) is 0 Å². The molecular weight excluding hydrogens is 356 g/mol. The maximum Gasteiger partial charge on any atom is 0.310 e. The van der Waals surface area contributed by atoms with Gasteiger partial charge in [-0.1, -0.05) is 52.9 Å². The van der Waals surface area contributed by atoms with Crippen molar-refractivity contribution < 1.29 is 14.3 Å². The maximum absolute atomic E-state index is 11.4. The van der Waals surface area contributed by atoms with Crippen LogP contribution in [0.1, 0.15) is 18.9 Å². The fourth-order valence-corrected chi connectivity index (χ4v) is 2.20. The van der Waals surface area contributed by atoms with E-state index in [0.717, 1.165) is 22.4 Å². The van der Waals surface area contributed by atoms with Crippen molar-refractivity contribution in [2.75, 3.05) is 12.4 Å². The van der Waals surface area contributed by atoms with Crippen molar-refractivity contribution in [3.63, 3.8) is 0 Å². The molecule has 3 nitrogen and oxygen atoms in total. The number of benzene rings is 2. The van der Waals surface area contributed by atoms with Crippen molar-refractivity contribution in [3.05, 3.63) is 48.0 Å². The molecule has 2 rings (SSSR count). The van der Waals surface area contributed by atoms with E-state index in [-0.39, 0.29) is 5.97 Å². The second-order valence-corrected chi connectivity index (χ2v) is 5.27. The summed E-state index contributed by atoms with van der Waals surface area (Å²) in [5, 5.41) is 0.600. The molecule has 0 radical (unpaired) electrons. The van der Waals surface area contributed by atoms with Gasteiger partial charge in [-0.25, -0.2) is 0 Å². The van der Waals surface area contributed by atoms with E-state index in [0.29, 0.717) is 17.5 Å². The summed E-state index contributed by atoms with van der Waals surface area (Å²) in [7, 11) is 1.62. The molecule has 0 saturated carbocycles. The zero-order valence-corrected chi connectivity index (χ0v) is 14.6. The second-order valence-electron chi connectivity index (χ2n) is 4.71. The summed E-state index contributed by atoms with van der Waals surface area (Å²) in [6, 6.07) is 13.3. The Morgan fingerprint density at radius 3 is 2.65 bits per heavy atom. The third-order valence-electron chi connectivity index (χ3n) is 3.18. The molecule has 0 amide bonds. The minimum Gasteiger partial charge on any atom is -0.495 e. The van der Waals surface area contributed by atoms with Gasteiger partial charge < -0.3 is 9.47 Å². The van der Waals surface area contributed by atoms with Gasteiger partial charge >= 0.3 is 5.97 Å². The van der Waals surface area contributed by atoms with E-state index in [1.165, 1.54) is 0 Å². The number of rotatable bonds is 4. The standard InChI is InChI=1S/C19H17BrO3/c1-3-19(21)23-17-8-4-6-14(13-17)15-9-10-18(22-2)16(12-15)7-5-11-20/h4,6,8-10,12-13H,3,11H2,1-2H3. The number of hydrogen-bond donors (Lipinski definition) is 0. The average molecular weight is 373 g/mol. The van der Waals surface area contributed by atoms with Crippen LogP contribution in [0.15, 0.2) is 42.5 Å². The van der Waals surface area contributed by atoms with E-state index in [1.54, 1.807) is 20.1 Å². The summed E-state index contributed by atoms with van der Waals surface area (Å²) in [5.74, 6) is 7.08. The van der Waals surface area contributed by atoms with Crippen LogP contribution in [0.4, 0.5) is 0 Å². The van der Waals surface area contributed by atoms with Crippen LogP contribution < -0.4 is 9.47 Å². The molecule has 0 aliphatic carbocycles. The van der Waals surface area contributed by atoms with Crippen LogP contribution in [0.3, 0.4) is 0 Å². The van der Waals surface area contributed by atoms with Crippen LogP contribution in [0.5, 0.6) is 11.5 Å². The third kappa shape index (κ3) is 4.61. The van der Waals surface area contributed by atoms with Crippen LogP contribution in [-0.4, -0.2) is 18.4 Å². The zero-order chi connectivity index (χ0) is 16.7. The monoisotopic (exact) mass is 372 g/mol. The van der Waals surface area contributed by atoms with Crippen molar-refractivity contribution in [2.45, 2.75) is 13.3 Å². The van der Waals surface area contributed by atoms with Gasteiger partial charge in [0.15, 0.2) is 0 Å².